The summed E-state index contributed by atoms with van der Waals surface area (Å²) in [4.78, 5) is 50.5. The average Bonchev–Trinajstić information content (AvgIpc) is 3.47. The number of cyclic esters (lactones) is 2. The van der Waals surface area contributed by atoms with Crippen molar-refractivity contribution in [3.8, 4) is 11.5 Å². The lowest BCUT2D eigenvalue weighted by atomic mass is 9.93. The summed E-state index contributed by atoms with van der Waals surface area (Å²) in [5.74, 6) is -8.17. The molecule has 12 heteroatoms. The van der Waals surface area contributed by atoms with Gasteiger partial charge in [-0.2, -0.15) is 0 Å². The summed E-state index contributed by atoms with van der Waals surface area (Å²) in [7, 11) is 0. The molecule has 2 aliphatic rings. The van der Waals surface area contributed by atoms with E-state index >= 15 is 0 Å². The number of fused-ring (bicyclic) bond motifs is 1. The van der Waals surface area contributed by atoms with E-state index in [4.69, 9.17) is 9.47 Å². The third-order valence-corrected chi connectivity index (χ3v) is 7.34. The van der Waals surface area contributed by atoms with Crippen LogP contribution in [0.15, 0.2) is 108 Å². The Morgan fingerprint density at radius 2 is 1.04 bits per heavy atom. The van der Waals surface area contributed by atoms with Crippen molar-refractivity contribution >= 4 is 56.9 Å². The summed E-state index contributed by atoms with van der Waals surface area (Å²) in [6.45, 7) is 0. The minimum atomic E-state index is -1.51. The second-order valence-electron chi connectivity index (χ2n) is 10.1. The van der Waals surface area contributed by atoms with Gasteiger partial charge in [-0.05, 0) is 57.8 Å². The van der Waals surface area contributed by atoms with E-state index in [9.17, 15) is 49.8 Å². The van der Waals surface area contributed by atoms with Crippen LogP contribution in [0.5, 0.6) is 11.5 Å². The highest BCUT2D eigenvalue weighted by molar-refractivity contribution is 6.28. The second kappa shape index (κ2) is 11.0. The molecule has 46 heavy (non-hydrogen) atoms. The maximum atomic E-state index is 13.1. The smallest absolute Gasteiger partial charge is 0.348 e. The first kappa shape index (κ1) is 29.3. The number of hydrogen-bond acceptors (Lipinski definition) is 10. The number of hydrogen-bond donors (Lipinski definition) is 6. The number of carbonyl (C=O) groups excluding carboxylic acids is 2. The van der Waals surface area contributed by atoms with Gasteiger partial charge in [0.1, 0.15) is 33.8 Å². The van der Waals surface area contributed by atoms with Gasteiger partial charge >= 0.3 is 23.9 Å². The van der Waals surface area contributed by atoms with Crippen LogP contribution in [-0.4, -0.2) is 54.5 Å². The van der Waals surface area contributed by atoms with Crippen LogP contribution in [0.3, 0.4) is 0 Å². The van der Waals surface area contributed by atoms with Crippen LogP contribution < -0.4 is 0 Å². The SMILES string of the molecule is O=C1O/C(=C(\C(=O)O)c2ccc(O)cc2)C(O)=C1c1ccc2cccc(C3=C(O)/C(=C(/C(=O)O)c4ccc(O)cc4)OC3=O)c2c1. The predicted molar refractivity (Wildman–Crippen MR) is 161 cm³/mol. The molecule has 4 aromatic rings. The lowest BCUT2D eigenvalue weighted by Crippen LogP contribution is -2.06. The third-order valence-electron chi connectivity index (χ3n) is 7.34. The number of rotatable bonds is 6. The highest BCUT2D eigenvalue weighted by Gasteiger charge is 2.38. The maximum absolute atomic E-state index is 13.1. The van der Waals surface area contributed by atoms with Crippen LogP contribution in [0.25, 0.3) is 33.1 Å². The molecule has 228 valence electrons. The van der Waals surface area contributed by atoms with E-state index in [2.05, 4.69) is 0 Å². The van der Waals surface area contributed by atoms with E-state index in [1.807, 2.05) is 0 Å². The van der Waals surface area contributed by atoms with Crippen molar-refractivity contribution in [2.45, 2.75) is 0 Å². The molecule has 2 heterocycles. The lowest BCUT2D eigenvalue weighted by Gasteiger charge is -2.09. The summed E-state index contributed by atoms with van der Waals surface area (Å²) in [5.41, 5.74) is -1.56. The molecule has 0 bridgehead atoms. The number of carbonyl (C=O) groups is 4. The zero-order valence-corrected chi connectivity index (χ0v) is 23.2. The van der Waals surface area contributed by atoms with E-state index in [-0.39, 0.29) is 50.3 Å². The summed E-state index contributed by atoms with van der Waals surface area (Å²) in [5, 5.41) is 62.0. The summed E-state index contributed by atoms with van der Waals surface area (Å²) in [6.07, 6.45) is 0. The molecule has 0 saturated heterocycles. The molecule has 12 nitrogen and oxygen atoms in total. The Kier molecular flexibility index (Phi) is 7.01. The van der Waals surface area contributed by atoms with Crippen LogP contribution in [0, 0.1) is 0 Å². The first-order chi connectivity index (χ1) is 22.0. The fraction of sp³-hybridized carbons (Fsp3) is 0. The molecule has 6 N–H and O–H groups in total. The first-order valence-corrected chi connectivity index (χ1v) is 13.3. The van der Waals surface area contributed by atoms with E-state index < -0.39 is 58.1 Å². The van der Waals surface area contributed by atoms with Crippen LogP contribution in [0.1, 0.15) is 22.3 Å². The number of carboxylic acid groups (broad SMARTS) is 2. The highest BCUT2D eigenvalue weighted by Crippen LogP contribution is 2.41. The Morgan fingerprint density at radius 3 is 1.54 bits per heavy atom. The maximum Gasteiger partial charge on any atom is 0.348 e. The molecule has 0 radical (unpaired) electrons. The lowest BCUT2D eigenvalue weighted by molar-refractivity contribution is -0.133. The van der Waals surface area contributed by atoms with Gasteiger partial charge in [0.25, 0.3) is 0 Å². The quantitative estimate of drug-likeness (QED) is 0.126. The van der Waals surface area contributed by atoms with Crippen LogP contribution >= 0.6 is 0 Å². The number of esters is 2. The number of aliphatic hydroxyl groups excluding tert-OH is 2. The molecular weight excluding hydrogens is 600 g/mol. The van der Waals surface area contributed by atoms with Gasteiger partial charge in [-0.15, -0.1) is 0 Å². The van der Waals surface area contributed by atoms with Gasteiger partial charge < -0.3 is 40.1 Å². The van der Waals surface area contributed by atoms with Gasteiger partial charge in [0.05, 0.1) is 0 Å². The minimum absolute atomic E-state index is 0.0418. The number of ether oxygens (including phenoxy) is 2. The second-order valence-corrected chi connectivity index (χ2v) is 10.1. The Balaban J connectivity index is 1.52. The van der Waals surface area contributed by atoms with Crippen LogP contribution in [-0.2, 0) is 28.7 Å². The fourth-order valence-corrected chi connectivity index (χ4v) is 5.24. The van der Waals surface area contributed by atoms with Crippen molar-refractivity contribution in [2.24, 2.45) is 0 Å². The van der Waals surface area contributed by atoms with E-state index in [0.717, 1.165) is 0 Å². The summed E-state index contributed by atoms with van der Waals surface area (Å²) in [6, 6.07) is 19.1. The van der Waals surface area contributed by atoms with Crippen LogP contribution in [0.2, 0.25) is 0 Å². The molecule has 0 spiro atoms. The number of carboxylic acids is 2. The molecule has 6 rings (SSSR count). The van der Waals surface area contributed by atoms with Crippen molar-refractivity contribution in [3.63, 3.8) is 0 Å². The largest absolute Gasteiger partial charge is 0.508 e. The zero-order chi connectivity index (χ0) is 32.9. The van der Waals surface area contributed by atoms with Crippen molar-refractivity contribution in [3.05, 3.63) is 130 Å². The van der Waals surface area contributed by atoms with Gasteiger partial charge in [0.15, 0.2) is 23.0 Å². The van der Waals surface area contributed by atoms with Gasteiger partial charge in [-0.3, -0.25) is 0 Å². The molecule has 0 aliphatic carbocycles. The molecule has 0 atom stereocenters. The number of aliphatic hydroxyl groups is 2. The molecule has 0 unspecified atom stereocenters. The van der Waals surface area contributed by atoms with Gasteiger partial charge in [-0.25, -0.2) is 19.2 Å². The summed E-state index contributed by atoms with van der Waals surface area (Å²) >= 11 is 0. The average molecular weight is 621 g/mol. The number of aliphatic carboxylic acids is 2. The van der Waals surface area contributed by atoms with Crippen molar-refractivity contribution < 1.29 is 59.3 Å². The number of benzene rings is 4. The van der Waals surface area contributed by atoms with E-state index in [1.165, 1.54) is 66.7 Å². The van der Waals surface area contributed by atoms with Crippen molar-refractivity contribution in [1.82, 2.24) is 0 Å². The number of aromatic hydroxyl groups is 2. The highest BCUT2D eigenvalue weighted by atomic mass is 16.6. The Morgan fingerprint density at radius 1 is 0.565 bits per heavy atom. The van der Waals surface area contributed by atoms with Crippen LogP contribution in [0.4, 0.5) is 0 Å². The number of phenolic OH excluding ortho intramolecular Hbond substituents is 2. The topological polar surface area (TPSA) is 208 Å². The Bertz CT molecular complexity index is 2150. The van der Waals surface area contributed by atoms with E-state index in [0.29, 0.717) is 5.39 Å². The molecule has 0 fully saturated rings. The molecule has 0 amide bonds. The fourth-order valence-electron chi connectivity index (χ4n) is 5.24. The zero-order valence-electron chi connectivity index (χ0n) is 23.2. The van der Waals surface area contributed by atoms with Gasteiger partial charge in [-0.1, -0.05) is 54.6 Å². The first-order valence-electron chi connectivity index (χ1n) is 13.3. The van der Waals surface area contributed by atoms with Gasteiger partial charge in [0.2, 0.25) is 0 Å². The Hall–Kier alpha value is -6.82. The third kappa shape index (κ3) is 4.85. The van der Waals surface area contributed by atoms with Gasteiger partial charge in [0, 0.05) is 5.56 Å². The van der Waals surface area contributed by atoms with E-state index in [1.54, 1.807) is 18.2 Å². The molecule has 0 saturated carbocycles. The molecule has 4 aromatic carbocycles. The summed E-state index contributed by atoms with van der Waals surface area (Å²) < 4.78 is 10.5. The van der Waals surface area contributed by atoms with Crippen molar-refractivity contribution in [1.29, 1.82) is 0 Å². The standard InChI is InChI=1S/C34H20O12/c35-19-10-6-16(7-11-19)24(31(39)40)29-27(37)23(33(43)45-29)18-5-4-15-2-1-3-21(22(15)14-18)26-28(38)30(46-34(26)44)25(32(41)42)17-8-12-20(36)13-9-17/h1-14,35-38H,(H,39,40)(H,41,42)/b29-24-,30-25-. The Labute approximate surface area is 257 Å². The number of phenols is 2. The van der Waals surface area contributed by atoms with Crippen molar-refractivity contribution in [2.75, 3.05) is 0 Å². The predicted octanol–water partition coefficient (Wildman–Crippen LogP) is 4.89. The monoisotopic (exact) mass is 620 g/mol. The minimum Gasteiger partial charge on any atom is -0.508 e. The molecule has 0 aromatic heterocycles. The molecule has 2 aliphatic heterocycles. The molecular formula is C34H20O12. The normalized spacial score (nSPS) is 16.9.